The number of amides is 1. The highest BCUT2D eigenvalue weighted by Crippen LogP contribution is 2.41. The van der Waals surface area contributed by atoms with Crippen molar-refractivity contribution in [1.29, 1.82) is 0 Å². The first-order valence-electron chi connectivity index (χ1n) is 9.94. The van der Waals surface area contributed by atoms with Crippen molar-refractivity contribution in [3.8, 4) is 11.5 Å². The summed E-state index contributed by atoms with van der Waals surface area (Å²) in [5.74, 6) is 0.319. The number of carbonyl (C=O) groups excluding carboxylic acids is 2. The fourth-order valence-electron chi connectivity index (χ4n) is 4.02. The largest absolute Gasteiger partial charge is 0.486 e. The van der Waals surface area contributed by atoms with Crippen molar-refractivity contribution in [3.05, 3.63) is 62.7 Å². The molecule has 0 saturated carbocycles. The number of carbonyl (C=O) groups is 2. The van der Waals surface area contributed by atoms with Gasteiger partial charge in [0.05, 0.1) is 16.9 Å². The molecule has 2 aliphatic heterocycles. The molecular formula is C22H21ClN2O6. The molecule has 0 bridgehead atoms. The molecule has 162 valence electrons. The number of para-hydroxylation sites is 2. The van der Waals surface area contributed by atoms with Gasteiger partial charge in [-0.3, -0.25) is 19.7 Å². The zero-order valence-corrected chi connectivity index (χ0v) is 17.7. The number of nitrogens with zero attached hydrogens (tertiary/aromatic N) is 2. The van der Waals surface area contributed by atoms with E-state index < -0.39 is 10.5 Å². The second-order valence-electron chi connectivity index (χ2n) is 7.88. The number of hydrogen-bond acceptors (Lipinski definition) is 6. The monoisotopic (exact) mass is 444 g/mol. The highest BCUT2D eigenvalue weighted by Gasteiger charge is 2.44. The van der Waals surface area contributed by atoms with Gasteiger partial charge in [0.25, 0.3) is 5.91 Å². The maximum absolute atomic E-state index is 12.7. The molecule has 31 heavy (non-hydrogen) atoms. The number of hydrogen-bond donors (Lipinski definition) is 0. The predicted molar refractivity (Wildman–Crippen MR) is 113 cm³/mol. The highest BCUT2D eigenvalue weighted by atomic mass is 35.5. The Kier molecular flexibility index (Phi) is 5.58. The number of rotatable bonds is 4. The summed E-state index contributed by atoms with van der Waals surface area (Å²) >= 11 is 6.14. The molecular weight excluding hydrogens is 424 g/mol. The number of ether oxygens (including phenoxy) is 2. The Morgan fingerprint density at radius 3 is 2.71 bits per heavy atom. The van der Waals surface area contributed by atoms with Crippen LogP contribution in [0.2, 0.25) is 5.02 Å². The molecule has 4 rings (SSSR count). The Bertz CT molecular complexity index is 1060. The van der Waals surface area contributed by atoms with Crippen molar-refractivity contribution in [1.82, 2.24) is 4.90 Å². The first-order valence-corrected chi connectivity index (χ1v) is 10.3. The molecule has 0 N–H and O–H groups in total. The number of benzene rings is 2. The maximum atomic E-state index is 12.7. The van der Waals surface area contributed by atoms with Crippen LogP contribution in [0.1, 0.15) is 35.2 Å². The van der Waals surface area contributed by atoms with Crippen LogP contribution in [0.3, 0.4) is 0 Å². The number of likely N-dealkylation sites (tertiary alicyclic amines) is 1. The lowest BCUT2D eigenvalue weighted by molar-refractivity contribution is -0.385. The summed E-state index contributed by atoms with van der Waals surface area (Å²) in [6.07, 6.45) is 1.27. The lowest BCUT2D eigenvalue weighted by Gasteiger charge is -2.44. The van der Waals surface area contributed by atoms with Gasteiger partial charge in [0, 0.05) is 37.0 Å². The van der Waals surface area contributed by atoms with Crippen molar-refractivity contribution in [2.45, 2.75) is 31.8 Å². The van der Waals surface area contributed by atoms with E-state index in [0.717, 1.165) is 5.56 Å². The Morgan fingerprint density at radius 2 is 2.00 bits per heavy atom. The topological polar surface area (TPSA) is 99.0 Å². The van der Waals surface area contributed by atoms with Crippen LogP contribution in [0.25, 0.3) is 0 Å². The van der Waals surface area contributed by atoms with Gasteiger partial charge in [-0.2, -0.15) is 0 Å². The predicted octanol–water partition coefficient (Wildman–Crippen LogP) is 3.96. The Balaban J connectivity index is 1.38. The van der Waals surface area contributed by atoms with Gasteiger partial charge >= 0.3 is 5.69 Å². The smallest absolute Gasteiger partial charge is 0.310 e. The van der Waals surface area contributed by atoms with Gasteiger partial charge in [-0.1, -0.05) is 23.7 Å². The van der Waals surface area contributed by atoms with Gasteiger partial charge in [-0.15, -0.1) is 0 Å². The summed E-state index contributed by atoms with van der Waals surface area (Å²) in [6, 6.07) is 9.38. The van der Waals surface area contributed by atoms with Crippen LogP contribution in [-0.2, 0) is 4.79 Å². The molecule has 0 aliphatic carbocycles. The van der Waals surface area contributed by atoms with E-state index in [-0.39, 0.29) is 36.2 Å². The SMILES string of the molecule is Cc1cc2c(cc1Cl)C(=O)CC1(CCN(C(=O)COc3ccccc3[N+](=O)[O-])CC1)O2. The molecule has 1 fully saturated rings. The molecule has 0 aromatic heterocycles. The van der Waals surface area contributed by atoms with Gasteiger partial charge in [0.1, 0.15) is 11.4 Å². The standard InChI is InChI=1S/C22H21ClN2O6/c1-14-10-20-15(11-16(14)23)18(26)12-22(31-20)6-8-24(9-7-22)21(27)13-30-19-5-3-2-4-17(19)25(28)29/h2-5,10-11H,6-9,12-13H2,1H3. The molecule has 1 amide bonds. The molecule has 2 aliphatic rings. The lowest BCUT2D eigenvalue weighted by atomic mass is 9.82. The van der Waals surface area contributed by atoms with Crippen LogP contribution in [0.15, 0.2) is 36.4 Å². The third-order valence-electron chi connectivity index (χ3n) is 5.81. The van der Waals surface area contributed by atoms with E-state index in [1.165, 1.54) is 18.2 Å². The van der Waals surface area contributed by atoms with Crippen molar-refractivity contribution in [2.75, 3.05) is 19.7 Å². The van der Waals surface area contributed by atoms with Crippen LogP contribution in [-0.4, -0.2) is 46.8 Å². The fourth-order valence-corrected chi connectivity index (χ4v) is 4.18. The van der Waals surface area contributed by atoms with Gasteiger partial charge in [-0.05, 0) is 30.7 Å². The first-order chi connectivity index (χ1) is 14.8. The van der Waals surface area contributed by atoms with E-state index in [0.29, 0.717) is 42.3 Å². The second kappa shape index (κ2) is 8.19. The van der Waals surface area contributed by atoms with Gasteiger partial charge < -0.3 is 14.4 Å². The average molecular weight is 445 g/mol. The molecule has 2 heterocycles. The number of halogens is 1. The molecule has 2 aromatic carbocycles. The van der Waals surface area contributed by atoms with Crippen LogP contribution in [0, 0.1) is 17.0 Å². The van der Waals surface area contributed by atoms with Crippen molar-refractivity contribution >= 4 is 29.0 Å². The van der Waals surface area contributed by atoms with Crippen LogP contribution < -0.4 is 9.47 Å². The molecule has 0 atom stereocenters. The third-order valence-corrected chi connectivity index (χ3v) is 6.22. The van der Waals surface area contributed by atoms with Crippen LogP contribution in [0.4, 0.5) is 5.69 Å². The third kappa shape index (κ3) is 4.20. The molecule has 9 heteroatoms. The minimum absolute atomic E-state index is 0.0114. The zero-order valence-electron chi connectivity index (χ0n) is 16.9. The first kappa shape index (κ1) is 21.1. The van der Waals surface area contributed by atoms with Gasteiger partial charge in [0.2, 0.25) is 0 Å². The van der Waals surface area contributed by atoms with Gasteiger partial charge in [-0.25, -0.2) is 0 Å². The molecule has 8 nitrogen and oxygen atoms in total. The molecule has 0 unspecified atom stereocenters. The normalized spacial score (nSPS) is 17.1. The van der Waals surface area contributed by atoms with Crippen molar-refractivity contribution < 1.29 is 24.0 Å². The summed E-state index contributed by atoms with van der Waals surface area (Å²) in [5, 5.41) is 11.6. The number of aryl methyl sites for hydroxylation is 1. The molecule has 2 aromatic rings. The van der Waals surface area contributed by atoms with Crippen LogP contribution in [0.5, 0.6) is 11.5 Å². The van der Waals surface area contributed by atoms with E-state index in [1.54, 1.807) is 23.1 Å². The number of piperidine rings is 1. The number of fused-ring (bicyclic) bond motifs is 1. The van der Waals surface area contributed by atoms with E-state index in [9.17, 15) is 19.7 Å². The number of Topliss-reactive ketones (excluding diaryl/α,β-unsaturated/α-hetero) is 1. The summed E-state index contributed by atoms with van der Waals surface area (Å²) in [5.41, 5.74) is 0.513. The van der Waals surface area contributed by atoms with E-state index in [4.69, 9.17) is 21.1 Å². The number of nitro groups is 1. The average Bonchev–Trinajstić information content (AvgIpc) is 2.74. The van der Waals surface area contributed by atoms with Gasteiger partial charge in [0.15, 0.2) is 18.1 Å². The van der Waals surface area contributed by atoms with Crippen LogP contribution >= 0.6 is 11.6 Å². The summed E-state index contributed by atoms with van der Waals surface area (Å²) in [6.45, 7) is 2.39. The highest BCUT2D eigenvalue weighted by molar-refractivity contribution is 6.31. The summed E-state index contributed by atoms with van der Waals surface area (Å²) in [7, 11) is 0. The van der Waals surface area contributed by atoms with Crippen molar-refractivity contribution in [3.63, 3.8) is 0 Å². The lowest BCUT2D eigenvalue weighted by Crippen LogP contribution is -2.53. The molecule has 1 saturated heterocycles. The number of ketones is 1. The minimum Gasteiger partial charge on any atom is -0.486 e. The van der Waals surface area contributed by atoms with E-state index >= 15 is 0 Å². The zero-order chi connectivity index (χ0) is 22.2. The summed E-state index contributed by atoms with van der Waals surface area (Å²) in [4.78, 5) is 37.4. The Morgan fingerprint density at radius 1 is 1.29 bits per heavy atom. The maximum Gasteiger partial charge on any atom is 0.310 e. The summed E-state index contributed by atoms with van der Waals surface area (Å²) < 4.78 is 11.7. The Hall–Kier alpha value is -3.13. The molecule has 0 radical (unpaired) electrons. The quantitative estimate of drug-likeness (QED) is 0.522. The second-order valence-corrected chi connectivity index (χ2v) is 8.28. The minimum atomic E-state index is -0.639. The molecule has 1 spiro atoms. The van der Waals surface area contributed by atoms with Crippen molar-refractivity contribution in [2.24, 2.45) is 0 Å². The fraction of sp³-hybridized carbons (Fsp3) is 0.364. The number of nitro benzene ring substituents is 1. The van der Waals surface area contributed by atoms with E-state index in [2.05, 4.69) is 0 Å². The van der Waals surface area contributed by atoms with E-state index in [1.807, 2.05) is 6.92 Å². The Labute approximate surface area is 183 Å².